The van der Waals surface area contributed by atoms with Crippen molar-refractivity contribution in [1.29, 1.82) is 0 Å². The normalized spacial score (nSPS) is 10.0. The summed E-state index contributed by atoms with van der Waals surface area (Å²) in [6.45, 7) is 2.14. The first-order chi connectivity index (χ1) is 4.34. The standard InChI is InChI=1S/C6H10N2O/c1-5-6(2-3-9)4-7-8-5/h4,9H,2-3H2,1H3,(H,7,8). The summed E-state index contributed by atoms with van der Waals surface area (Å²) in [7, 11) is 0. The minimum absolute atomic E-state index is 0.195. The molecular formula is C6H10N2O. The maximum Gasteiger partial charge on any atom is 0.0522 e. The highest BCUT2D eigenvalue weighted by molar-refractivity contribution is 5.13. The summed E-state index contributed by atoms with van der Waals surface area (Å²) in [6, 6.07) is 0. The number of aliphatic hydroxyl groups is 1. The number of aryl methyl sites for hydroxylation is 1. The van der Waals surface area contributed by atoms with Gasteiger partial charge in [0.05, 0.1) is 6.20 Å². The minimum atomic E-state index is 0.195. The zero-order valence-corrected chi connectivity index (χ0v) is 5.39. The third-order valence-electron chi connectivity index (χ3n) is 1.32. The van der Waals surface area contributed by atoms with Gasteiger partial charge < -0.3 is 5.11 Å². The van der Waals surface area contributed by atoms with Gasteiger partial charge in [0.2, 0.25) is 0 Å². The largest absolute Gasteiger partial charge is 0.396 e. The molecule has 1 rings (SSSR count). The van der Waals surface area contributed by atoms with Crippen LogP contribution in [0.5, 0.6) is 0 Å². The number of aromatic amines is 1. The molecule has 3 nitrogen and oxygen atoms in total. The van der Waals surface area contributed by atoms with E-state index in [0.29, 0.717) is 6.42 Å². The van der Waals surface area contributed by atoms with Gasteiger partial charge in [0.15, 0.2) is 0 Å². The topological polar surface area (TPSA) is 48.9 Å². The molecule has 0 aromatic carbocycles. The third kappa shape index (κ3) is 1.29. The molecule has 0 saturated heterocycles. The lowest BCUT2D eigenvalue weighted by Crippen LogP contribution is -1.89. The van der Waals surface area contributed by atoms with Crippen LogP contribution in [0.4, 0.5) is 0 Å². The highest BCUT2D eigenvalue weighted by atomic mass is 16.2. The van der Waals surface area contributed by atoms with Crippen LogP contribution in [-0.2, 0) is 6.42 Å². The van der Waals surface area contributed by atoms with E-state index in [1.165, 1.54) is 0 Å². The van der Waals surface area contributed by atoms with Gasteiger partial charge in [0, 0.05) is 12.3 Å². The van der Waals surface area contributed by atoms with Crippen LogP contribution in [-0.4, -0.2) is 21.9 Å². The summed E-state index contributed by atoms with van der Waals surface area (Å²) in [4.78, 5) is 0. The van der Waals surface area contributed by atoms with Gasteiger partial charge >= 0.3 is 0 Å². The van der Waals surface area contributed by atoms with Gasteiger partial charge in [-0.1, -0.05) is 0 Å². The molecule has 0 unspecified atom stereocenters. The molecule has 3 heteroatoms. The highest BCUT2D eigenvalue weighted by Crippen LogP contribution is 2.01. The second-order valence-electron chi connectivity index (χ2n) is 1.99. The summed E-state index contributed by atoms with van der Waals surface area (Å²) in [5.41, 5.74) is 2.14. The van der Waals surface area contributed by atoms with E-state index in [2.05, 4.69) is 10.2 Å². The van der Waals surface area contributed by atoms with Crippen LogP contribution >= 0.6 is 0 Å². The van der Waals surface area contributed by atoms with Crippen molar-refractivity contribution in [3.05, 3.63) is 17.5 Å². The van der Waals surface area contributed by atoms with Gasteiger partial charge in [-0.05, 0) is 18.9 Å². The number of aliphatic hydroxyl groups excluding tert-OH is 1. The van der Waals surface area contributed by atoms with E-state index >= 15 is 0 Å². The van der Waals surface area contributed by atoms with Gasteiger partial charge in [0.25, 0.3) is 0 Å². The molecule has 0 spiro atoms. The van der Waals surface area contributed by atoms with Gasteiger partial charge in [-0.3, -0.25) is 5.10 Å². The van der Waals surface area contributed by atoms with Crippen molar-refractivity contribution in [2.75, 3.05) is 6.61 Å². The van der Waals surface area contributed by atoms with E-state index in [1.54, 1.807) is 6.20 Å². The fraction of sp³-hybridized carbons (Fsp3) is 0.500. The molecule has 0 saturated carbocycles. The maximum absolute atomic E-state index is 8.52. The summed E-state index contributed by atoms with van der Waals surface area (Å²) >= 11 is 0. The first kappa shape index (κ1) is 6.29. The quantitative estimate of drug-likeness (QED) is 0.597. The second kappa shape index (κ2) is 2.64. The molecule has 0 aliphatic heterocycles. The molecule has 0 radical (unpaired) electrons. The van der Waals surface area contributed by atoms with Crippen molar-refractivity contribution >= 4 is 0 Å². The Morgan fingerprint density at radius 3 is 3.00 bits per heavy atom. The molecule has 0 fully saturated rings. The molecule has 0 bridgehead atoms. The fourth-order valence-electron chi connectivity index (χ4n) is 0.748. The average molecular weight is 126 g/mol. The SMILES string of the molecule is Cc1[nH]ncc1CCO. The van der Waals surface area contributed by atoms with E-state index in [-0.39, 0.29) is 6.61 Å². The fourth-order valence-corrected chi connectivity index (χ4v) is 0.748. The highest BCUT2D eigenvalue weighted by Gasteiger charge is 1.96. The van der Waals surface area contributed by atoms with E-state index in [4.69, 9.17) is 5.11 Å². The third-order valence-corrected chi connectivity index (χ3v) is 1.32. The average Bonchev–Trinajstić information content (AvgIpc) is 2.18. The predicted octanol–water partition coefficient (Wildman–Crippen LogP) is 0.253. The summed E-state index contributed by atoms with van der Waals surface area (Å²) in [5.74, 6) is 0. The Hall–Kier alpha value is -0.830. The van der Waals surface area contributed by atoms with Crippen LogP contribution in [0.3, 0.4) is 0 Å². The minimum Gasteiger partial charge on any atom is -0.396 e. The number of rotatable bonds is 2. The Morgan fingerprint density at radius 2 is 2.56 bits per heavy atom. The molecule has 1 aromatic rings. The van der Waals surface area contributed by atoms with Crippen molar-refractivity contribution in [2.45, 2.75) is 13.3 Å². The molecule has 9 heavy (non-hydrogen) atoms. The molecule has 1 aromatic heterocycles. The second-order valence-corrected chi connectivity index (χ2v) is 1.99. The molecule has 0 amide bonds. The molecule has 0 aliphatic carbocycles. The Labute approximate surface area is 53.7 Å². The van der Waals surface area contributed by atoms with Crippen LogP contribution < -0.4 is 0 Å². The van der Waals surface area contributed by atoms with Crippen molar-refractivity contribution < 1.29 is 5.11 Å². The van der Waals surface area contributed by atoms with Crippen molar-refractivity contribution in [3.8, 4) is 0 Å². The number of nitrogens with one attached hydrogen (secondary N) is 1. The molecule has 1 heterocycles. The first-order valence-electron chi connectivity index (χ1n) is 2.94. The van der Waals surface area contributed by atoms with Crippen LogP contribution in [0.1, 0.15) is 11.3 Å². The van der Waals surface area contributed by atoms with E-state index in [0.717, 1.165) is 11.3 Å². The Morgan fingerprint density at radius 1 is 1.78 bits per heavy atom. The predicted molar refractivity (Wildman–Crippen MR) is 34.1 cm³/mol. The lowest BCUT2D eigenvalue weighted by molar-refractivity contribution is 0.299. The molecule has 50 valence electrons. The summed E-state index contributed by atoms with van der Waals surface area (Å²) in [5, 5.41) is 15.1. The summed E-state index contributed by atoms with van der Waals surface area (Å²) < 4.78 is 0. The van der Waals surface area contributed by atoms with Crippen LogP contribution in [0.2, 0.25) is 0 Å². The molecule has 2 N–H and O–H groups in total. The van der Waals surface area contributed by atoms with Gasteiger partial charge in [0.1, 0.15) is 0 Å². The molecule has 0 aliphatic rings. The number of H-pyrrole nitrogens is 1. The number of nitrogens with zero attached hydrogens (tertiary/aromatic N) is 1. The van der Waals surface area contributed by atoms with Crippen molar-refractivity contribution in [3.63, 3.8) is 0 Å². The van der Waals surface area contributed by atoms with Gasteiger partial charge in [-0.25, -0.2) is 0 Å². The Kier molecular flexibility index (Phi) is 1.85. The van der Waals surface area contributed by atoms with E-state index in [1.807, 2.05) is 6.92 Å². The number of aromatic nitrogens is 2. The zero-order chi connectivity index (χ0) is 6.69. The zero-order valence-electron chi connectivity index (χ0n) is 5.39. The first-order valence-corrected chi connectivity index (χ1v) is 2.94. The van der Waals surface area contributed by atoms with Crippen LogP contribution in [0.15, 0.2) is 6.20 Å². The van der Waals surface area contributed by atoms with Gasteiger partial charge in [-0.2, -0.15) is 5.10 Å². The van der Waals surface area contributed by atoms with E-state index in [9.17, 15) is 0 Å². The van der Waals surface area contributed by atoms with Gasteiger partial charge in [-0.15, -0.1) is 0 Å². The Balaban J connectivity index is 2.69. The monoisotopic (exact) mass is 126 g/mol. The summed E-state index contributed by atoms with van der Waals surface area (Å²) in [6.07, 6.45) is 2.44. The van der Waals surface area contributed by atoms with E-state index < -0.39 is 0 Å². The van der Waals surface area contributed by atoms with Crippen LogP contribution in [0.25, 0.3) is 0 Å². The lowest BCUT2D eigenvalue weighted by atomic mass is 10.2. The van der Waals surface area contributed by atoms with Crippen molar-refractivity contribution in [2.24, 2.45) is 0 Å². The molecular weight excluding hydrogens is 116 g/mol. The number of hydrogen-bond donors (Lipinski definition) is 2. The number of hydrogen-bond acceptors (Lipinski definition) is 2. The van der Waals surface area contributed by atoms with Crippen molar-refractivity contribution in [1.82, 2.24) is 10.2 Å². The smallest absolute Gasteiger partial charge is 0.0522 e. The Bertz CT molecular complexity index is 183. The van der Waals surface area contributed by atoms with Crippen LogP contribution in [0, 0.1) is 6.92 Å². The lowest BCUT2D eigenvalue weighted by Gasteiger charge is -1.90. The molecule has 0 atom stereocenters. The maximum atomic E-state index is 8.52.